The molecule has 1 N–H and O–H groups in total. The molecular formula is C19H29N3. The van der Waals surface area contributed by atoms with E-state index < -0.39 is 0 Å². The number of likely N-dealkylation sites (N-methyl/N-ethyl adjacent to an activating group) is 1. The molecule has 3 heteroatoms. The van der Waals surface area contributed by atoms with Gasteiger partial charge in [-0.2, -0.15) is 0 Å². The van der Waals surface area contributed by atoms with Crippen molar-refractivity contribution in [3.05, 3.63) is 34.5 Å². The molecule has 0 spiro atoms. The summed E-state index contributed by atoms with van der Waals surface area (Å²) in [7, 11) is 2.21. The smallest absolute Gasteiger partial charge is 0.0486 e. The molecule has 1 aliphatic heterocycles. The number of nitrogens with zero attached hydrogens (tertiary/aromatic N) is 2. The fraction of sp³-hybridized carbons (Fsp3) is 0.579. The summed E-state index contributed by atoms with van der Waals surface area (Å²) in [5, 5.41) is 5.01. The zero-order valence-electron chi connectivity index (χ0n) is 14.7. The number of hydrogen-bond acceptors (Lipinski definition) is 2. The summed E-state index contributed by atoms with van der Waals surface area (Å²) >= 11 is 0. The van der Waals surface area contributed by atoms with Crippen molar-refractivity contribution in [2.24, 2.45) is 7.05 Å². The molecule has 1 unspecified atom stereocenters. The molecule has 1 aromatic heterocycles. The number of aromatic nitrogens is 1. The molecule has 2 aromatic rings. The van der Waals surface area contributed by atoms with E-state index in [-0.39, 0.29) is 0 Å². The number of nitrogens with one attached hydrogen (secondary N) is 1. The van der Waals surface area contributed by atoms with Gasteiger partial charge in [0.25, 0.3) is 0 Å². The lowest BCUT2D eigenvalue weighted by Crippen LogP contribution is -2.27. The first-order chi connectivity index (χ1) is 10.5. The van der Waals surface area contributed by atoms with E-state index in [1.54, 1.807) is 0 Å². The van der Waals surface area contributed by atoms with Crippen LogP contribution in [0.4, 0.5) is 0 Å². The highest BCUT2D eigenvalue weighted by molar-refractivity contribution is 5.87. The molecule has 120 valence electrons. The number of rotatable bonds is 5. The SMILES string of the molecule is CCNC(C)Cc1c(C)n(C)c2cc3c(cc12)CN(CC)C3. The highest BCUT2D eigenvalue weighted by Crippen LogP contribution is 2.32. The van der Waals surface area contributed by atoms with Crippen LogP contribution in [0.3, 0.4) is 0 Å². The van der Waals surface area contributed by atoms with Crippen LogP contribution in [-0.2, 0) is 26.6 Å². The summed E-state index contributed by atoms with van der Waals surface area (Å²) in [6.45, 7) is 13.4. The molecule has 0 saturated heterocycles. The monoisotopic (exact) mass is 299 g/mol. The molecule has 3 rings (SSSR count). The number of hydrogen-bond donors (Lipinski definition) is 1. The molecular weight excluding hydrogens is 270 g/mol. The second-order valence-electron chi connectivity index (χ2n) is 6.73. The van der Waals surface area contributed by atoms with Gasteiger partial charge in [-0.05, 0) is 62.2 Å². The van der Waals surface area contributed by atoms with Crippen LogP contribution in [-0.4, -0.2) is 28.6 Å². The zero-order valence-corrected chi connectivity index (χ0v) is 14.7. The lowest BCUT2D eigenvalue weighted by atomic mass is 10.0. The van der Waals surface area contributed by atoms with Gasteiger partial charge in [0.1, 0.15) is 0 Å². The first-order valence-electron chi connectivity index (χ1n) is 8.60. The predicted molar refractivity (Wildman–Crippen MR) is 94.3 cm³/mol. The lowest BCUT2D eigenvalue weighted by Gasteiger charge is -2.13. The van der Waals surface area contributed by atoms with Crippen LogP contribution in [0.5, 0.6) is 0 Å². The molecule has 0 aliphatic carbocycles. The van der Waals surface area contributed by atoms with Gasteiger partial charge in [-0.3, -0.25) is 4.90 Å². The number of fused-ring (bicyclic) bond motifs is 2. The van der Waals surface area contributed by atoms with Gasteiger partial charge in [-0.1, -0.05) is 13.8 Å². The Morgan fingerprint density at radius 3 is 2.50 bits per heavy atom. The van der Waals surface area contributed by atoms with E-state index in [1.807, 2.05) is 0 Å². The van der Waals surface area contributed by atoms with Gasteiger partial charge >= 0.3 is 0 Å². The largest absolute Gasteiger partial charge is 0.348 e. The van der Waals surface area contributed by atoms with Gasteiger partial charge < -0.3 is 9.88 Å². The van der Waals surface area contributed by atoms with E-state index >= 15 is 0 Å². The third kappa shape index (κ3) is 2.57. The predicted octanol–water partition coefficient (Wildman–Crippen LogP) is 3.36. The van der Waals surface area contributed by atoms with Crippen LogP contribution >= 0.6 is 0 Å². The maximum absolute atomic E-state index is 3.55. The Morgan fingerprint density at radius 2 is 1.86 bits per heavy atom. The van der Waals surface area contributed by atoms with Crippen molar-refractivity contribution in [3.8, 4) is 0 Å². The Hall–Kier alpha value is -1.32. The van der Waals surface area contributed by atoms with Crippen LogP contribution in [0.2, 0.25) is 0 Å². The quantitative estimate of drug-likeness (QED) is 0.913. The number of benzene rings is 1. The molecule has 2 heterocycles. The molecule has 0 saturated carbocycles. The normalized spacial score (nSPS) is 16.4. The van der Waals surface area contributed by atoms with E-state index in [2.05, 4.69) is 61.7 Å². The minimum atomic E-state index is 0.523. The van der Waals surface area contributed by atoms with Crippen molar-refractivity contribution < 1.29 is 0 Å². The van der Waals surface area contributed by atoms with Gasteiger partial charge in [0.05, 0.1) is 0 Å². The Balaban J connectivity index is 2.04. The van der Waals surface area contributed by atoms with E-state index in [0.717, 1.165) is 32.6 Å². The average molecular weight is 299 g/mol. The van der Waals surface area contributed by atoms with Gasteiger partial charge in [-0.15, -0.1) is 0 Å². The van der Waals surface area contributed by atoms with E-state index in [1.165, 1.54) is 33.3 Å². The highest BCUT2D eigenvalue weighted by atomic mass is 15.1. The van der Waals surface area contributed by atoms with Crippen LogP contribution in [0.1, 0.15) is 43.2 Å². The van der Waals surface area contributed by atoms with Crippen molar-refractivity contribution >= 4 is 10.9 Å². The molecule has 0 radical (unpaired) electrons. The van der Waals surface area contributed by atoms with Crippen molar-refractivity contribution in [2.75, 3.05) is 13.1 Å². The van der Waals surface area contributed by atoms with Crippen molar-refractivity contribution in [1.29, 1.82) is 0 Å². The highest BCUT2D eigenvalue weighted by Gasteiger charge is 2.21. The average Bonchev–Trinajstić information content (AvgIpc) is 3.00. The molecule has 1 atom stereocenters. The third-order valence-corrected chi connectivity index (χ3v) is 5.24. The van der Waals surface area contributed by atoms with Crippen molar-refractivity contribution in [1.82, 2.24) is 14.8 Å². The maximum Gasteiger partial charge on any atom is 0.0486 e. The third-order valence-electron chi connectivity index (χ3n) is 5.24. The minimum absolute atomic E-state index is 0.523. The Kier molecular flexibility index (Phi) is 4.28. The van der Waals surface area contributed by atoms with Gasteiger partial charge in [0, 0.05) is 42.8 Å². The van der Waals surface area contributed by atoms with Crippen LogP contribution in [0.25, 0.3) is 10.9 Å². The number of aryl methyl sites for hydroxylation is 1. The molecule has 1 aromatic carbocycles. The maximum atomic E-state index is 3.55. The van der Waals surface area contributed by atoms with Gasteiger partial charge in [-0.25, -0.2) is 0 Å². The second-order valence-corrected chi connectivity index (χ2v) is 6.73. The Bertz CT molecular complexity index is 684. The topological polar surface area (TPSA) is 20.2 Å². The van der Waals surface area contributed by atoms with Gasteiger partial charge in [0.15, 0.2) is 0 Å². The fourth-order valence-corrected chi connectivity index (χ4v) is 3.81. The zero-order chi connectivity index (χ0) is 15.9. The van der Waals surface area contributed by atoms with Crippen LogP contribution in [0.15, 0.2) is 12.1 Å². The van der Waals surface area contributed by atoms with E-state index in [4.69, 9.17) is 0 Å². The summed E-state index contributed by atoms with van der Waals surface area (Å²) in [6.07, 6.45) is 1.10. The van der Waals surface area contributed by atoms with Crippen LogP contribution < -0.4 is 5.32 Å². The van der Waals surface area contributed by atoms with Gasteiger partial charge in [0.2, 0.25) is 0 Å². The summed E-state index contributed by atoms with van der Waals surface area (Å²) in [4.78, 5) is 2.51. The molecule has 22 heavy (non-hydrogen) atoms. The summed E-state index contributed by atoms with van der Waals surface area (Å²) < 4.78 is 2.37. The van der Waals surface area contributed by atoms with Crippen molar-refractivity contribution in [3.63, 3.8) is 0 Å². The molecule has 0 bridgehead atoms. The van der Waals surface area contributed by atoms with E-state index in [0.29, 0.717) is 6.04 Å². The van der Waals surface area contributed by atoms with Crippen LogP contribution in [0, 0.1) is 6.92 Å². The lowest BCUT2D eigenvalue weighted by molar-refractivity contribution is 0.301. The standard InChI is InChI=1S/C19H29N3/c1-6-20-13(3)8-17-14(4)21(5)19-10-16-12-22(7-2)11-15(16)9-18(17)19/h9-10,13,20H,6-8,11-12H2,1-5H3. The second kappa shape index (κ2) is 6.05. The molecule has 0 fully saturated rings. The first kappa shape index (κ1) is 15.6. The summed E-state index contributed by atoms with van der Waals surface area (Å²) in [5.41, 5.74) is 7.37. The molecule has 1 aliphatic rings. The Morgan fingerprint density at radius 1 is 1.18 bits per heavy atom. The van der Waals surface area contributed by atoms with E-state index in [9.17, 15) is 0 Å². The fourth-order valence-electron chi connectivity index (χ4n) is 3.81. The minimum Gasteiger partial charge on any atom is -0.348 e. The molecule has 3 nitrogen and oxygen atoms in total. The Labute approximate surface area is 134 Å². The first-order valence-corrected chi connectivity index (χ1v) is 8.60. The summed E-state index contributed by atoms with van der Waals surface area (Å²) in [6, 6.07) is 5.41. The molecule has 0 amide bonds. The van der Waals surface area contributed by atoms with Crippen molar-refractivity contribution in [2.45, 2.75) is 53.2 Å². The summed E-state index contributed by atoms with van der Waals surface area (Å²) in [5.74, 6) is 0.